The molecule has 1 aromatic heterocycles. The Morgan fingerprint density at radius 2 is 2.00 bits per heavy atom. The SMILES string of the molecule is [2H]C([2H])([2H])C([2H])([2H])C([2H])([2H])Oc1ccc(Cc2nc3cc([N+](=O)[O-])ccc3n2CCN(CC)CC)cc1. The van der Waals surface area contributed by atoms with E-state index >= 15 is 0 Å². The minimum atomic E-state index is -3.23. The molecule has 0 aliphatic carbocycles. The Labute approximate surface area is 187 Å². The Balaban J connectivity index is 1.88. The summed E-state index contributed by atoms with van der Waals surface area (Å²) in [5.41, 5.74) is 2.05. The molecule has 3 aromatic rings. The second-order valence-corrected chi connectivity index (χ2v) is 6.79. The van der Waals surface area contributed by atoms with Crippen LogP contribution in [-0.4, -0.2) is 45.6 Å². The van der Waals surface area contributed by atoms with Crippen molar-refractivity contribution in [2.24, 2.45) is 0 Å². The third kappa shape index (κ3) is 5.16. The molecule has 0 N–H and O–H groups in total. The van der Waals surface area contributed by atoms with Gasteiger partial charge in [0.2, 0.25) is 0 Å². The zero-order chi connectivity index (χ0) is 27.6. The lowest BCUT2D eigenvalue weighted by Gasteiger charge is -2.19. The molecule has 7 heteroatoms. The van der Waals surface area contributed by atoms with E-state index in [0.29, 0.717) is 24.3 Å². The zero-order valence-corrected chi connectivity index (χ0v) is 17.1. The Hall–Kier alpha value is -2.93. The van der Waals surface area contributed by atoms with Crippen LogP contribution in [0, 0.1) is 10.1 Å². The van der Waals surface area contributed by atoms with E-state index in [0.717, 1.165) is 30.7 Å². The largest absolute Gasteiger partial charge is 0.494 e. The van der Waals surface area contributed by atoms with Gasteiger partial charge in [-0.1, -0.05) is 32.8 Å². The van der Waals surface area contributed by atoms with Crippen LogP contribution in [0.4, 0.5) is 5.69 Å². The molecule has 2 aromatic carbocycles. The first-order valence-electron chi connectivity index (χ1n) is 13.3. The molecule has 7 nitrogen and oxygen atoms in total. The molecule has 0 fully saturated rings. The summed E-state index contributed by atoms with van der Waals surface area (Å²) >= 11 is 0. The summed E-state index contributed by atoms with van der Waals surface area (Å²) < 4.78 is 60.1. The lowest BCUT2D eigenvalue weighted by Crippen LogP contribution is -2.27. The van der Waals surface area contributed by atoms with Crippen LogP contribution in [-0.2, 0) is 13.0 Å². The topological polar surface area (TPSA) is 73.4 Å². The van der Waals surface area contributed by atoms with E-state index in [1.54, 1.807) is 18.2 Å². The molecule has 0 atom stereocenters. The van der Waals surface area contributed by atoms with Crippen LogP contribution in [0.15, 0.2) is 42.5 Å². The lowest BCUT2D eigenvalue weighted by atomic mass is 10.1. The minimum Gasteiger partial charge on any atom is -0.494 e. The number of ether oxygens (including phenoxy) is 1. The van der Waals surface area contributed by atoms with Crippen molar-refractivity contribution in [3.05, 3.63) is 64.0 Å². The highest BCUT2D eigenvalue weighted by Crippen LogP contribution is 2.24. The summed E-state index contributed by atoms with van der Waals surface area (Å²) in [5.74, 6) is 0.679. The van der Waals surface area contributed by atoms with E-state index in [1.807, 2.05) is 4.57 Å². The number of likely N-dealkylation sites (N-methyl/N-ethyl adjacent to an activating group) is 1. The maximum Gasteiger partial charge on any atom is 0.271 e. The summed E-state index contributed by atoms with van der Waals surface area (Å²) in [4.78, 5) is 17.7. The van der Waals surface area contributed by atoms with Crippen LogP contribution in [0.3, 0.4) is 0 Å². The lowest BCUT2D eigenvalue weighted by molar-refractivity contribution is -0.384. The zero-order valence-electron chi connectivity index (χ0n) is 24.1. The van der Waals surface area contributed by atoms with Gasteiger partial charge < -0.3 is 14.2 Å². The molecule has 0 saturated heterocycles. The molecule has 0 aliphatic heterocycles. The van der Waals surface area contributed by atoms with Gasteiger partial charge in [-0.3, -0.25) is 10.1 Å². The number of hydrogen-bond donors (Lipinski definition) is 0. The summed E-state index contributed by atoms with van der Waals surface area (Å²) in [6.07, 6.45) is -2.85. The smallest absolute Gasteiger partial charge is 0.271 e. The predicted molar refractivity (Wildman–Crippen MR) is 119 cm³/mol. The van der Waals surface area contributed by atoms with Gasteiger partial charge in [0.15, 0.2) is 0 Å². The summed E-state index contributed by atoms with van der Waals surface area (Å²) in [7, 11) is 0. The van der Waals surface area contributed by atoms with Crippen LogP contribution >= 0.6 is 0 Å². The molecular weight excluding hydrogens is 380 g/mol. The number of non-ortho nitro benzene ring substituents is 1. The fourth-order valence-corrected chi connectivity index (χ4v) is 3.39. The monoisotopic (exact) mass is 417 g/mol. The maximum absolute atomic E-state index is 11.2. The van der Waals surface area contributed by atoms with Gasteiger partial charge in [-0.25, -0.2) is 4.98 Å². The number of rotatable bonds is 11. The van der Waals surface area contributed by atoms with Gasteiger partial charge in [0.1, 0.15) is 11.6 Å². The van der Waals surface area contributed by atoms with Crippen LogP contribution in [0.1, 0.15) is 48.1 Å². The molecule has 30 heavy (non-hydrogen) atoms. The Kier molecular flexibility index (Phi) is 4.81. The molecule has 160 valence electrons. The van der Waals surface area contributed by atoms with E-state index in [1.165, 1.54) is 24.3 Å². The second-order valence-electron chi connectivity index (χ2n) is 6.79. The van der Waals surface area contributed by atoms with Gasteiger partial charge in [0, 0.05) is 38.5 Å². The Morgan fingerprint density at radius 3 is 2.67 bits per heavy atom. The normalized spacial score (nSPS) is 16.2. The number of nitrogens with zero attached hydrogens (tertiary/aromatic N) is 4. The number of nitro groups is 1. The van der Waals surface area contributed by atoms with E-state index in [-0.39, 0.29) is 11.4 Å². The first-order chi connectivity index (χ1) is 17.2. The van der Waals surface area contributed by atoms with E-state index < -0.39 is 24.7 Å². The Morgan fingerprint density at radius 1 is 1.23 bits per heavy atom. The molecule has 0 saturated carbocycles. The highest BCUT2D eigenvalue weighted by molar-refractivity contribution is 5.78. The molecule has 0 radical (unpaired) electrons. The van der Waals surface area contributed by atoms with Crippen LogP contribution < -0.4 is 4.74 Å². The molecule has 1 heterocycles. The summed E-state index contributed by atoms with van der Waals surface area (Å²) in [5, 5.41) is 11.2. The summed E-state index contributed by atoms with van der Waals surface area (Å²) in [6.45, 7) is 1.04. The van der Waals surface area contributed by atoms with Crippen LogP contribution in [0.25, 0.3) is 11.0 Å². The van der Waals surface area contributed by atoms with Crippen molar-refractivity contribution < 1.29 is 19.3 Å². The molecule has 0 aliphatic rings. The van der Waals surface area contributed by atoms with Gasteiger partial charge in [-0.05, 0) is 43.2 Å². The minimum absolute atomic E-state index is 0.0208. The van der Waals surface area contributed by atoms with Crippen molar-refractivity contribution in [3.63, 3.8) is 0 Å². The third-order valence-electron chi connectivity index (χ3n) is 5.06. The number of imidazole rings is 1. The van der Waals surface area contributed by atoms with Gasteiger partial charge in [-0.2, -0.15) is 0 Å². The molecule has 0 amide bonds. The van der Waals surface area contributed by atoms with Crippen molar-refractivity contribution in [2.75, 3.05) is 26.2 Å². The maximum atomic E-state index is 11.2. The average molecular weight is 418 g/mol. The molecule has 0 unspecified atom stereocenters. The fraction of sp³-hybridized carbons (Fsp3) is 0.435. The van der Waals surface area contributed by atoms with Crippen molar-refractivity contribution in [1.29, 1.82) is 0 Å². The molecular formula is C23H30N4O3. The van der Waals surface area contributed by atoms with Gasteiger partial charge >= 0.3 is 0 Å². The fourth-order valence-electron chi connectivity index (χ4n) is 3.39. The average Bonchev–Trinajstić information content (AvgIpc) is 3.16. The number of benzene rings is 2. The number of nitro benzene ring substituents is 1. The van der Waals surface area contributed by atoms with Gasteiger partial charge in [0.25, 0.3) is 5.69 Å². The second kappa shape index (κ2) is 10.2. The third-order valence-corrected chi connectivity index (χ3v) is 5.06. The molecule has 0 spiro atoms. The van der Waals surface area contributed by atoms with E-state index in [4.69, 9.17) is 14.3 Å². The van der Waals surface area contributed by atoms with Crippen molar-refractivity contribution in [3.8, 4) is 5.75 Å². The van der Waals surface area contributed by atoms with Crippen molar-refractivity contribution in [1.82, 2.24) is 14.5 Å². The Bertz CT molecular complexity index is 1240. The summed E-state index contributed by atoms with van der Waals surface area (Å²) in [6, 6.07) is 10.8. The molecule has 3 rings (SSSR count). The number of fused-ring (bicyclic) bond motifs is 1. The quantitative estimate of drug-likeness (QED) is 0.335. The van der Waals surface area contributed by atoms with E-state index in [2.05, 4.69) is 23.7 Å². The predicted octanol–water partition coefficient (Wildman–Crippen LogP) is 4.67. The molecule has 0 bridgehead atoms. The number of hydrogen-bond acceptors (Lipinski definition) is 5. The highest BCUT2D eigenvalue weighted by Gasteiger charge is 2.16. The standard InChI is InChI=1S/C23H30N4O3/c1-4-15-30-20-10-7-18(8-11-20)16-23-24-21-17-19(27(28)29)9-12-22(21)26(23)14-13-25(5-2)6-3/h7-12,17H,4-6,13-16H2,1-3H3/i1D3,4D2,15D2. The van der Waals surface area contributed by atoms with Gasteiger partial charge in [-0.15, -0.1) is 0 Å². The van der Waals surface area contributed by atoms with Crippen molar-refractivity contribution in [2.45, 2.75) is 40.0 Å². The van der Waals surface area contributed by atoms with Gasteiger partial charge in [0.05, 0.1) is 25.3 Å². The van der Waals surface area contributed by atoms with Crippen LogP contribution in [0.5, 0.6) is 5.75 Å². The number of aromatic nitrogens is 2. The van der Waals surface area contributed by atoms with Crippen molar-refractivity contribution >= 4 is 16.7 Å². The van der Waals surface area contributed by atoms with E-state index in [9.17, 15) is 10.1 Å². The first kappa shape index (κ1) is 14.1. The first-order valence-corrected chi connectivity index (χ1v) is 9.84. The highest BCUT2D eigenvalue weighted by atomic mass is 16.6. The van der Waals surface area contributed by atoms with Crippen LogP contribution in [0.2, 0.25) is 0 Å².